The van der Waals surface area contributed by atoms with Crippen molar-refractivity contribution in [2.24, 2.45) is 0 Å². The summed E-state index contributed by atoms with van der Waals surface area (Å²) in [6.45, 7) is 1.69. The largest absolute Gasteiger partial charge is 0.454 e. The number of rotatable bonds is 7. The number of ether oxygens (including phenoxy) is 3. The summed E-state index contributed by atoms with van der Waals surface area (Å²) in [5.41, 5.74) is 0.547. The Labute approximate surface area is 163 Å². The molecule has 1 aliphatic heterocycles. The van der Waals surface area contributed by atoms with Gasteiger partial charge in [-0.25, -0.2) is 0 Å². The summed E-state index contributed by atoms with van der Waals surface area (Å²) in [4.78, 5) is 25.1. The van der Waals surface area contributed by atoms with Crippen molar-refractivity contribution >= 4 is 52.3 Å². The Balaban J connectivity index is 1.42. The monoisotopic (exact) mass is 413 g/mol. The normalized spacial score (nSPS) is 13.3. The summed E-state index contributed by atoms with van der Waals surface area (Å²) < 4.78 is 16.4. The van der Waals surface area contributed by atoms with E-state index in [4.69, 9.17) is 25.8 Å². The zero-order valence-corrected chi connectivity index (χ0v) is 16.2. The van der Waals surface area contributed by atoms with Crippen molar-refractivity contribution in [3.05, 3.63) is 39.5 Å². The van der Waals surface area contributed by atoms with E-state index >= 15 is 0 Å². The highest BCUT2D eigenvalue weighted by atomic mass is 35.5. The Morgan fingerprint density at radius 3 is 2.88 bits per heavy atom. The molecule has 2 aromatic rings. The minimum atomic E-state index is -0.898. The fraction of sp³-hybridized carbons (Fsp3) is 0.294. The lowest BCUT2D eigenvalue weighted by Crippen LogP contribution is -2.30. The first-order valence-corrected chi connectivity index (χ1v) is 10.1. The van der Waals surface area contributed by atoms with Gasteiger partial charge in [-0.15, -0.1) is 23.1 Å². The smallest absolute Gasteiger partial charge is 0.316 e. The number of esters is 1. The molecule has 6 nitrogen and oxygen atoms in total. The van der Waals surface area contributed by atoms with E-state index in [-0.39, 0.29) is 12.5 Å². The number of anilines is 1. The standard InChI is InChI=1S/C17H16ClNO5S2/c1-10(24-16(20)8-25-7-12-3-5-15(18)26-12)17(21)19-11-2-4-13-14(6-11)23-9-22-13/h2-6,10H,7-9H2,1H3,(H,19,21)/t10-/m0/s1. The van der Waals surface area contributed by atoms with E-state index < -0.39 is 18.0 Å². The minimum Gasteiger partial charge on any atom is -0.454 e. The van der Waals surface area contributed by atoms with Crippen LogP contribution in [0.15, 0.2) is 30.3 Å². The summed E-state index contributed by atoms with van der Waals surface area (Å²) in [7, 11) is 0. The highest BCUT2D eigenvalue weighted by molar-refractivity contribution is 7.99. The molecule has 2 heterocycles. The number of benzene rings is 1. The number of hydrogen-bond acceptors (Lipinski definition) is 7. The number of carbonyl (C=O) groups excluding carboxylic acids is 2. The zero-order valence-electron chi connectivity index (χ0n) is 13.8. The van der Waals surface area contributed by atoms with Gasteiger partial charge in [0, 0.05) is 22.4 Å². The maximum Gasteiger partial charge on any atom is 0.316 e. The molecule has 1 aliphatic rings. The number of hydrogen-bond donors (Lipinski definition) is 1. The molecule has 1 aromatic heterocycles. The van der Waals surface area contributed by atoms with Gasteiger partial charge in [-0.1, -0.05) is 11.6 Å². The molecule has 1 N–H and O–H groups in total. The average Bonchev–Trinajstić information content (AvgIpc) is 3.23. The molecule has 9 heteroatoms. The second kappa shape index (κ2) is 8.66. The van der Waals surface area contributed by atoms with E-state index in [2.05, 4.69) is 5.32 Å². The first kappa shape index (κ1) is 18.9. The van der Waals surface area contributed by atoms with Crippen LogP contribution in [0, 0.1) is 0 Å². The molecule has 1 atom stereocenters. The Bertz CT molecular complexity index is 810. The van der Waals surface area contributed by atoms with E-state index in [1.807, 2.05) is 12.1 Å². The molecule has 0 saturated carbocycles. The van der Waals surface area contributed by atoms with Crippen LogP contribution in [0.4, 0.5) is 5.69 Å². The topological polar surface area (TPSA) is 73.9 Å². The van der Waals surface area contributed by atoms with Crippen LogP contribution < -0.4 is 14.8 Å². The summed E-state index contributed by atoms with van der Waals surface area (Å²) in [6.07, 6.45) is -0.898. The second-order valence-corrected chi connectivity index (χ2v) is 8.17. The van der Waals surface area contributed by atoms with Crippen molar-refractivity contribution in [3.8, 4) is 11.5 Å². The number of nitrogens with one attached hydrogen (secondary N) is 1. The summed E-state index contributed by atoms with van der Waals surface area (Å²) in [5, 5.41) is 2.69. The Morgan fingerprint density at radius 1 is 1.31 bits per heavy atom. The SMILES string of the molecule is C[C@H](OC(=O)CSCc1ccc(Cl)s1)C(=O)Nc1ccc2c(c1)OCO2. The molecule has 0 bridgehead atoms. The lowest BCUT2D eigenvalue weighted by molar-refractivity contribution is -0.150. The van der Waals surface area contributed by atoms with E-state index in [1.54, 1.807) is 18.2 Å². The molecule has 0 saturated heterocycles. The summed E-state index contributed by atoms with van der Waals surface area (Å²) in [5.74, 6) is 1.18. The zero-order chi connectivity index (χ0) is 18.5. The maximum absolute atomic E-state index is 12.2. The van der Waals surface area contributed by atoms with Gasteiger partial charge in [0.2, 0.25) is 6.79 Å². The molecule has 1 aromatic carbocycles. The van der Waals surface area contributed by atoms with E-state index in [1.165, 1.54) is 30.0 Å². The van der Waals surface area contributed by atoms with Gasteiger partial charge in [-0.05, 0) is 31.2 Å². The van der Waals surface area contributed by atoms with Crippen LogP contribution in [0.3, 0.4) is 0 Å². The molecular formula is C17H16ClNO5S2. The second-order valence-electron chi connectivity index (χ2n) is 5.39. The van der Waals surface area contributed by atoms with Gasteiger partial charge >= 0.3 is 5.97 Å². The molecule has 0 fully saturated rings. The van der Waals surface area contributed by atoms with Gasteiger partial charge in [-0.3, -0.25) is 9.59 Å². The molecular weight excluding hydrogens is 398 g/mol. The number of fused-ring (bicyclic) bond motifs is 1. The maximum atomic E-state index is 12.2. The predicted molar refractivity (Wildman–Crippen MR) is 102 cm³/mol. The molecule has 0 spiro atoms. The first-order valence-electron chi connectivity index (χ1n) is 7.73. The summed E-state index contributed by atoms with van der Waals surface area (Å²) in [6, 6.07) is 8.82. The Hall–Kier alpha value is -1.90. The van der Waals surface area contributed by atoms with Gasteiger partial charge in [0.15, 0.2) is 17.6 Å². The fourth-order valence-electron chi connectivity index (χ4n) is 2.17. The quantitative estimate of drug-likeness (QED) is 0.693. The number of thiophene rings is 1. The molecule has 0 radical (unpaired) electrons. The van der Waals surface area contributed by atoms with Gasteiger partial charge < -0.3 is 19.5 Å². The van der Waals surface area contributed by atoms with Crippen LogP contribution in [0.5, 0.6) is 11.5 Å². The van der Waals surface area contributed by atoms with Crippen LogP contribution >= 0.6 is 34.7 Å². The third kappa shape index (κ3) is 5.06. The Kier molecular flexibility index (Phi) is 6.29. The van der Waals surface area contributed by atoms with E-state index in [0.717, 1.165) is 9.21 Å². The number of carbonyl (C=O) groups is 2. The first-order chi connectivity index (χ1) is 12.5. The van der Waals surface area contributed by atoms with Crippen molar-refractivity contribution in [1.82, 2.24) is 0 Å². The lowest BCUT2D eigenvalue weighted by Gasteiger charge is -2.13. The van der Waals surface area contributed by atoms with Gasteiger partial charge in [0.1, 0.15) is 0 Å². The minimum absolute atomic E-state index is 0.163. The highest BCUT2D eigenvalue weighted by Crippen LogP contribution is 2.34. The fourth-order valence-corrected chi connectivity index (χ4v) is 4.17. The molecule has 26 heavy (non-hydrogen) atoms. The molecule has 138 valence electrons. The molecule has 0 aliphatic carbocycles. The lowest BCUT2D eigenvalue weighted by atomic mass is 10.2. The van der Waals surface area contributed by atoms with E-state index in [9.17, 15) is 9.59 Å². The van der Waals surface area contributed by atoms with Crippen molar-refractivity contribution in [1.29, 1.82) is 0 Å². The summed E-state index contributed by atoms with van der Waals surface area (Å²) >= 11 is 8.75. The van der Waals surface area contributed by atoms with Crippen LogP contribution in [0.1, 0.15) is 11.8 Å². The van der Waals surface area contributed by atoms with Gasteiger partial charge in [0.05, 0.1) is 10.1 Å². The third-order valence-electron chi connectivity index (χ3n) is 3.41. The van der Waals surface area contributed by atoms with Crippen molar-refractivity contribution < 1.29 is 23.8 Å². The predicted octanol–water partition coefficient (Wildman–Crippen LogP) is 3.93. The third-order valence-corrected chi connectivity index (χ3v) is 5.78. The Morgan fingerprint density at radius 2 is 2.12 bits per heavy atom. The van der Waals surface area contributed by atoms with Crippen molar-refractivity contribution in [3.63, 3.8) is 0 Å². The average molecular weight is 414 g/mol. The van der Waals surface area contributed by atoms with Crippen molar-refractivity contribution in [2.75, 3.05) is 17.9 Å². The van der Waals surface area contributed by atoms with E-state index in [0.29, 0.717) is 22.9 Å². The van der Waals surface area contributed by atoms with Crippen LogP contribution in [-0.2, 0) is 20.1 Å². The van der Waals surface area contributed by atoms with Crippen LogP contribution in [0.2, 0.25) is 4.34 Å². The van der Waals surface area contributed by atoms with Gasteiger partial charge in [0.25, 0.3) is 5.91 Å². The van der Waals surface area contributed by atoms with Crippen molar-refractivity contribution in [2.45, 2.75) is 18.8 Å². The highest BCUT2D eigenvalue weighted by Gasteiger charge is 2.19. The molecule has 0 unspecified atom stereocenters. The number of thioether (sulfide) groups is 1. The van der Waals surface area contributed by atoms with Gasteiger partial charge in [-0.2, -0.15) is 0 Å². The number of amides is 1. The molecule has 1 amide bonds. The van der Waals surface area contributed by atoms with Crippen LogP contribution in [0.25, 0.3) is 0 Å². The van der Waals surface area contributed by atoms with Crippen LogP contribution in [-0.4, -0.2) is 30.5 Å². The molecule has 3 rings (SSSR count). The number of halogens is 1.